The predicted octanol–water partition coefficient (Wildman–Crippen LogP) is 3.69. The lowest BCUT2D eigenvalue weighted by Crippen LogP contribution is -2.02. The highest BCUT2D eigenvalue weighted by Gasteiger charge is 2.15. The van der Waals surface area contributed by atoms with Crippen molar-refractivity contribution in [2.24, 2.45) is 0 Å². The van der Waals surface area contributed by atoms with Crippen LogP contribution in [0.3, 0.4) is 0 Å². The molecule has 1 N–H and O–H groups in total. The van der Waals surface area contributed by atoms with Crippen molar-refractivity contribution in [3.8, 4) is 11.3 Å². The van der Waals surface area contributed by atoms with E-state index >= 15 is 0 Å². The third-order valence-electron chi connectivity index (χ3n) is 3.32. The van der Waals surface area contributed by atoms with Crippen LogP contribution in [0.2, 0.25) is 0 Å². The van der Waals surface area contributed by atoms with Gasteiger partial charge < -0.3 is 5.11 Å². The molecule has 2 aromatic heterocycles. The van der Waals surface area contributed by atoms with Crippen molar-refractivity contribution in [3.05, 3.63) is 64.2 Å². The van der Waals surface area contributed by atoms with E-state index < -0.39 is 5.97 Å². The minimum Gasteiger partial charge on any atom is -0.477 e. The number of carboxylic acids is 1. The number of aromatic carboxylic acids is 1. The van der Waals surface area contributed by atoms with E-state index in [0.29, 0.717) is 22.7 Å². The number of rotatable bonds is 5. The Morgan fingerprint density at radius 3 is 2.73 bits per heavy atom. The smallest absolute Gasteiger partial charge is 0.346 e. The third-order valence-corrected chi connectivity index (χ3v) is 4.22. The molecule has 112 valence electrons. The lowest BCUT2D eigenvalue weighted by Gasteiger charge is -2.02. The molecule has 0 saturated carbocycles. The van der Waals surface area contributed by atoms with Gasteiger partial charge in [-0.15, -0.1) is 11.3 Å². The summed E-state index contributed by atoms with van der Waals surface area (Å²) in [4.78, 5) is 11.4. The average Bonchev–Trinajstić information content (AvgIpc) is 3.15. The Kier molecular flexibility index (Phi) is 4.02. The van der Waals surface area contributed by atoms with Crippen molar-refractivity contribution >= 4 is 17.3 Å². The van der Waals surface area contributed by atoms with Gasteiger partial charge in [-0.1, -0.05) is 12.1 Å². The molecule has 3 aromatic rings. The van der Waals surface area contributed by atoms with Gasteiger partial charge in [0.1, 0.15) is 10.7 Å². The number of aromatic nitrogens is 2. The highest BCUT2D eigenvalue weighted by Crippen LogP contribution is 2.26. The van der Waals surface area contributed by atoms with Crippen LogP contribution >= 0.6 is 11.3 Å². The van der Waals surface area contributed by atoms with Crippen LogP contribution in [-0.2, 0) is 13.0 Å². The van der Waals surface area contributed by atoms with Crippen LogP contribution in [0.1, 0.15) is 15.2 Å². The number of hydrogen-bond donors (Lipinski definition) is 1. The molecule has 0 atom stereocenters. The quantitative estimate of drug-likeness (QED) is 0.781. The zero-order valence-electron chi connectivity index (χ0n) is 11.6. The number of benzene rings is 1. The zero-order chi connectivity index (χ0) is 15.5. The molecule has 0 aliphatic rings. The van der Waals surface area contributed by atoms with E-state index in [0.717, 1.165) is 12.0 Å². The zero-order valence-corrected chi connectivity index (χ0v) is 12.4. The molecule has 1 aromatic carbocycles. The van der Waals surface area contributed by atoms with Crippen molar-refractivity contribution in [3.63, 3.8) is 0 Å². The van der Waals surface area contributed by atoms with E-state index in [-0.39, 0.29) is 5.82 Å². The summed E-state index contributed by atoms with van der Waals surface area (Å²) >= 11 is 1.19. The molecule has 22 heavy (non-hydrogen) atoms. The fourth-order valence-electron chi connectivity index (χ4n) is 2.20. The molecule has 0 saturated heterocycles. The summed E-state index contributed by atoms with van der Waals surface area (Å²) in [6.07, 6.45) is 2.55. The van der Waals surface area contributed by atoms with E-state index in [1.807, 2.05) is 6.20 Å². The lowest BCUT2D eigenvalue weighted by atomic mass is 10.1. The Morgan fingerprint density at radius 1 is 1.23 bits per heavy atom. The first-order chi connectivity index (χ1) is 10.6. The van der Waals surface area contributed by atoms with Gasteiger partial charge in [-0.2, -0.15) is 5.10 Å². The molecular weight excluding hydrogens is 303 g/mol. The molecule has 0 radical (unpaired) electrons. The molecule has 0 bridgehead atoms. The third kappa shape index (κ3) is 3.07. The highest BCUT2D eigenvalue weighted by atomic mass is 32.1. The molecule has 0 spiro atoms. The van der Waals surface area contributed by atoms with Crippen molar-refractivity contribution in [2.45, 2.75) is 13.0 Å². The minimum absolute atomic E-state index is 0.246. The van der Waals surface area contributed by atoms with Crippen LogP contribution in [0.4, 0.5) is 4.39 Å². The fraction of sp³-hybridized carbons (Fsp3) is 0.125. The summed E-state index contributed by atoms with van der Waals surface area (Å²) < 4.78 is 14.6. The Labute approximate surface area is 130 Å². The molecule has 0 fully saturated rings. The number of thiophene rings is 1. The van der Waals surface area contributed by atoms with Crippen molar-refractivity contribution < 1.29 is 14.3 Å². The van der Waals surface area contributed by atoms with E-state index in [1.54, 1.807) is 34.3 Å². The number of halogens is 1. The largest absolute Gasteiger partial charge is 0.477 e. The van der Waals surface area contributed by atoms with Gasteiger partial charge in [-0.3, -0.25) is 4.68 Å². The summed E-state index contributed by atoms with van der Waals surface area (Å²) in [5.74, 6) is -1.19. The van der Waals surface area contributed by atoms with Gasteiger partial charge >= 0.3 is 5.97 Å². The van der Waals surface area contributed by atoms with Gasteiger partial charge in [0.2, 0.25) is 0 Å². The Hall–Kier alpha value is -2.47. The van der Waals surface area contributed by atoms with Crippen LogP contribution in [0.5, 0.6) is 0 Å². The molecule has 0 unspecified atom stereocenters. The fourth-order valence-corrected chi connectivity index (χ4v) is 2.94. The summed E-state index contributed by atoms with van der Waals surface area (Å²) in [7, 11) is 0. The van der Waals surface area contributed by atoms with Gasteiger partial charge in [-0.25, -0.2) is 9.18 Å². The number of nitrogens with zero attached hydrogens (tertiary/aromatic N) is 2. The minimum atomic E-state index is -0.939. The normalized spacial score (nSPS) is 10.8. The monoisotopic (exact) mass is 316 g/mol. The maximum Gasteiger partial charge on any atom is 0.346 e. The van der Waals surface area contributed by atoms with Gasteiger partial charge in [0.25, 0.3) is 0 Å². The first-order valence-electron chi connectivity index (χ1n) is 6.72. The number of carbonyl (C=O) groups is 1. The van der Waals surface area contributed by atoms with Crippen molar-refractivity contribution in [1.82, 2.24) is 9.78 Å². The second-order valence-corrected chi connectivity index (χ2v) is 5.73. The highest BCUT2D eigenvalue weighted by molar-refractivity contribution is 7.12. The Morgan fingerprint density at radius 2 is 2.00 bits per heavy atom. The second kappa shape index (κ2) is 6.11. The first-order valence-corrected chi connectivity index (χ1v) is 7.60. The molecule has 0 aliphatic heterocycles. The molecule has 6 heteroatoms. The van der Waals surface area contributed by atoms with E-state index in [9.17, 15) is 9.18 Å². The Bertz CT molecular complexity index is 793. The first kappa shape index (κ1) is 14.5. The number of carboxylic acid groups (broad SMARTS) is 1. The van der Waals surface area contributed by atoms with Crippen LogP contribution in [0.15, 0.2) is 48.0 Å². The topological polar surface area (TPSA) is 55.1 Å². The summed E-state index contributed by atoms with van der Waals surface area (Å²) in [5, 5.41) is 15.3. The lowest BCUT2D eigenvalue weighted by molar-refractivity contribution is 0.0703. The molecule has 4 nitrogen and oxygen atoms in total. The van der Waals surface area contributed by atoms with Crippen molar-refractivity contribution in [1.29, 1.82) is 0 Å². The van der Waals surface area contributed by atoms with Crippen molar-refractivity contribution in [2.75, 3.05) is 0 Å². The van der Waals surface area contributed by atoms with Crippen LogP contribution in [-0.4, -0.2) is 20.9 Å². The molecule has 0 aliphatic carbocycles. The van der Waals surface area contributed by atoms with E-state index in [1.165, 1.54) is 23.5 Å². The molecule has 2 heterocycles. The van der Waals surface area contributed by atoms with E-state index in [4.69, 9.17) is 5.11 Å². The predicted molar refractivity (Wildman–Crippen MR) is 82.6 cm³/mol. The maximum absolute atomic E-state index is 12.8. The van der Waals surface area contributed by atoms with Crippen LogP contribution in [0, 0.1) is 5.82 Å². The van der Waals surface area contributed by atoms with Crippen LogP contribution < -0.4 is 0 Å². The van der Waals surface area contributed by atoms with Gasteiger partial charge in [0.15, 0.2) is 0 Å². The molecule has 0 amide bonds. The number of aryl methyl sites for hydroxylation is 2. The summed E-state index contributed by atoms with van der Waals surface area (Å²) in [5.41, 5.74) is 2.32. The Balaban J connectivity index is 1.72. The molecule has 3 rings (SSSR count). The van der Waals surface area contributed by atoms with Gasteiger partial charge in [-0.05, 0) is 41.6 Å². The average molecular weight is 316 g/mol. The van der Waals surface area contributed by atoms with Crippen LogP contribution in [0.25, 0.3) is 11.3 Å². The summed E-state index contributed by atoms with van der Waals surface area (Å²) in [6, 6.07) is 9.95. The van der Waals surface area contributed by atoms with Gasteiger partial charge in [0.05, 0.1) is 5.69 Å². The second-order valence-electron chi connectivity index (χ2n) is 4.81. The SMILES string of the molecule is O=C(O)c1sccc1-c1ccn(CCc2ccc(F)cc2)n1. The number of hydrogen-bond acceptors (Lipinski definition) is 3. The van der Waals surface area contributed by atoms with Gasteiger partial charge in [0, 0.05) is 18.3 Å². The molecular formula is C16H13FN2O2S. The standard InChI is InChI=1S/C16H13FN2O2S/c17-12-3-1-11(2-4-12)5-8-19-9-6-14(18-19)13-7-10-22-15(13)16(20)21/h1-4,6-7,9-10H,5,8H2,(H,20,21). The van der Waals surface area contributed by atoms with E-state index in [2.05, 4.69) is 5.10 Å². The summed E-state index contributed by atoms with van der Waals surface area (Å²) in [6.45, 7) is 0.651. The maximum atomic E-state index is 12.8.